The van der Waals surface area contributed by atoms with Crippen LogP contribution in [0.1, 0.15) is 17.5 Å². The van der Waals surface area contributed by atoms with Crippen LogP contribution in [0.5, 0.6) is 0 Å². The number of hydrogen-bond donors (Lipinski definition) is 1. The summed E-state index contributed by atoms with van der Waals surface area (Å²) >= 11 is 1.25. The number of hydrogen-bond acceptors (Lipinski definition) is 4. The Morgan fingerprint density at radius 3 is 2.86 bits per heavy atom. The minimum atomic E-state index is -0.430. The van der Waals surface area contributed by atoms with E-state index >= 15 is 0 Å². The van der Waals surface area contributed by atoms with Crippen LogP contribution in [0.3, 0.4) is 0 Å². The van der Waals surface area contributed by atoms with E-state index in [1.807, 2.05) is 37.3 Å². The molecule has 0 spiro atoms. The summed E-state index contributed by atoms with van der Waals surface area (Å²) in [5.74, 6) is 0.288. The molecule has 5 nitrogen and oxygen atoms in total. The molecule has 1 aliphatic heterocycles. The monoisotopic (exact) mass is 317 g/mol. The first-order valence-electron chi connectivity index (χ1n) is 7.18. The van der Waals surface area contributed by atoms with Crippen molar-refractivity contribution in [3.8, 4) is 6.07 Å². The largest absolute Gasteiger partial charge is 0.344 e. The molecule has 1 aromatic carbocycles. The Kier molecular flexibility index (Phi) is 5.84. The lowest BCUT2D eigenvalue weighted by Gasteiger charge is -2.17. The summed E-state index contributed by atoms with van der Waals surface area (Å²) in [6.07, 6.45) is 0.638. The molecule has 22 heavy (non-hydrogen) atoms. The second kappa shape index (κ2) is 7.85. The van der Waals surface area contributed by atoms with Gasteiger partial charge in [-0.3, -0.25) is 9.59 Å². The number of benzene rings is 1. The van der Waals surface area contributed by atoms with E-state index in [2.05, 4.69) is 5.32 Å². The smallest absolute Gasteiger partial charge is 0.245 e. The molecule has 0 bridgehead atoms. The predicted octanol–water partition coefficient (Wildman–Crippen LogP) is 1.47. The van der Waals surface area contributed by atoms with E-state index < -0.39 is 6.04 Å². The van der Waals surface area contributed by atoms with Gasteiger partial charge in [0.25, 0.3) is 0 Å². The standard InChI is InChI=1S/C16H19N3O2S/c1-12-2-4-13(5-3-12)10-19-8-6-14(16(19)21)18-15(20)11-22-9-7-17/h2-5,14H,6,8-11H2,1H3,(H,18,20). The first kappa shape index (κ1) is 16.4. The van der Waals surface area contributed by atoms with Crippen molar-refractivity contribution in [2.45, 2.75) is 25.9 Å². The van der Waals surface area contributed by atoms with Crippen LogP contribution >= 0.6 is 11.8 Å². The Bertz CT molecular complexity index is 580. The van der Waals surface area contributed by atoms with Gasteiger partial charge in [-0.15, -0.1) is 11.8 Å². The quantitative estimate of drug-likeness (QED) is 0.806. The maximum absolute atomic E-state index is 12.3. The number of carbonyl (C=O) groups is 2. The summed E-state index contributed by atoms with van der Waals surface area (Å²) in [6, 6.07) is 9.64. The van der Waals surface area contributed by atoms with Gasteiger partial charge in [-0.05, 0) is 18.9 Å². The Morgan fingerprint density at radius 1 is 1.45 bits per heavy atom. The molecule has 116 valence electrons. The molecular weight excluding hydrogens is 298 g/mol. The van der Waals surface area contributed by atoms with Gasteiger partial charge in [-0.25, -0.2) is 0 Å². The number of nitrogens with zero attached hydrogens (tertiary/aromatic N) is 2. The van der Waals surface area contributed by atoms with Crippen LogP contribution in [0.15, 0.2) is 24.3 Å². The third-order valence-electron chi connectivity index (χ3n) is 3.53. The third kappa shape index (κ3) is 4.50. The number of nitriles is 1. The van der Waals surface area contributed by atoms with E-state index in [4.69, 9.17) is 5.26 Å². The third-order valence-corrected chi connectivity index (χ3v) is 4.33. The van der Waals surface area contributed by atoms with Crippen molar-refractivity contribution in [3.63, 3.8) is 0 Å². The Labute approximate surface area is 134 Å². The Hall–Kier alpha value is -2.00. The molecule has 1 heterocycles. The van der Waals surface area contributed by atoms with Crippen molar-refractivity contribution >= 4 is 23.6 Å². The first-order valence-corrected chi connectivity index (χ1v) is 8.34. The van der Waals surface area contributed by atoms with E-state index in [0.717, 1.165) is 5.56 Å². The topological polar surface area (TPSA) is 73.2 Å². The lowest BCUT2D eigenvalue weighted by atomic mass is 10.1. The summed E-state index contributed by atoms with van der Waals surface area (Å²) in [5, 5.41) is 11.2. The molecule has 1 N–H and O–H groups in total. The number of aryl methyl sites for hydroxylation is 1. The molecule has 1 fully saturated rings. The van der Waals surface area contributed by atoms with Gasteiger partial charge in [0, 0.05) is 13.1 Å². The van der Waals surface area contributed by atoms with E-state index in [0.29, 0.717) is 19.5 Å². The lowest BCUT2D eigenvalue weighted by molar-refractivity contribution is -0.132. The molecule has 1 aromatic rings. The number of carbonyl (C=O) groups excluding carboxylic acids is 2. The fourth-order valence-electron chi connectivity index (χ4n) is 2.37. The number of nitrogens with one attached hydrogen (secondary N) is 1. The fourth-order valence-corrected chi connectivity index (χ4v) is 2.83. The molecule has 0 saturated carbocycles. The molecule has 0 radical (unpaired) electrons. The number of likely N-dealkylation sites (tertiary alicyclic amines) is 1. The van der Waals surface area contributed by atoms with Crippen molar-refractivity contribution in [1.82, 2.24) is 10.2 Å². The maximum atomic E-state index is 12.3. The molecule has 1 unspecified atom stereocenters. The normalized spacial score (nSPS) is 17.4. The van der Waals surface area contributed by atoms with Gasteiger partial charge in [-0.1, -0.05) is 29.8 Å². The van der Waals surface area contributed by atoms with Crippen LogP contribution < -0.4 is 5.32 Å². The van der Waals surface area contributed by atoms with E-state index in [-0.39, 0.29) is 23.3 Å². The number of thioether (sulfide) groups is 1. The van der Waals surface area contributed by atoms with Crippen LogP contribution in [0.25, 0.3) is 0 Å². The van der Waals surface area contributed by atoms with Gasteiger partial charge in [0.2, 0.25) is 11.8 Å². The highest BCUT2D eigenvalue weighted by molar-refractivity contribution is 8.00. The van der Waals surface area contributed by atoms with Crippen molar-refractivity contribution in [2.24, 2.45) is 0 Å². The highest BCUT2D eigenvalue weighted by Crippen LogP contribution is 2.16. The zero-order valence-corrected chi connectivity index (χ0v) is 13.4. The van der Waals surface area contributed by atoms with Crippen LogP contribution in [-0.2, 0) is 16.1 Å². The minimum Gasteiger partial charge on any atom is -0.344 e. The second-order valence-corrected chi connectivity index (χ2v) is 6.29. The second-order valence-electron chi connectivity index (χ2n) is 5.31. The van der Waals surface area contributed by atoms with E-state index in [9.17, 15) is 9.59 Å². The Balaban J connectivity index is 1.83. The molecule has 1 saturated heterocycles. The average molecular weight is 317 g/mol. The van der Waals surface area contributed by atoms with Crippen LogP contribution in [0.4, 0.5) is 0 Å². The maximum Gasteiger partial charge on any atom is 0.245 e. The van der Waals surface area contributed by atoms with Crippen molar-refractivity contribution < 1.29 is 9.59 Å². The fraction of sp³-hybridized carbons (Fsp3) is 0.438. The minimum absolute atomic E-state index is 0.0285. The van der Waals surface area contributed by atoms with Gasteiger partial charge in [0.1, 0.15) is 6.04 Å². The summed E-state index contributed by atoms with van der Waals surface area (Å²) < 4.78 is 0. The molecule has 1 atom stereocenters. The average Bonchev–Trinajstić information content (AvgIpc) is 2.83. The van der Waals surface area contributed by atoms with E-state index in [1.165, 1.54) is 17.3 Å². The lowest BCUT2D eigenvalue weighted by Crippen LogP contribution is -2.42. The van der Waals surface area contributed by atoms with Gasteiger partial charge < -0.3 is 10.2 Å². The number of rotatable bonds is 6. The number of amides is 2. The highest BCUT2D eigenvalue weighted by Gasteiger charge is 2.32. The molecule has 0 aliphatic carbocycles. The zero-order valence-electron chi connectivity index (χ0n) is 12.5. The van der Waals surface area contributed by atoms with Crippen molar-refractivity contribution in [1.29, 1.82) is 5.26 Å². The van der Waals surface area contributed by atoms with Crippen molar-refractivity contribution in [3.05, 3.63) is 35.4 Å². The molecular formula is C16H19N3O2S. The Morgan fingerprint density at radius 2 is 2.18 bits per heavy atom. The molecule has 2 amide bonds. The van der Waals surface area contributed by atoms with Gasteiger partial charge in [0.05, 0.1) is 17.6 Å². The molecule has 0 aromatic heterocycles. The molecule has 6 heteroatoms. The van der Waals surface area contributed by atoms with Crippen molar-refractivity contribution in [2.75, 3.05) is 18.1 Å². The first-order chi connectivity index (χ1) is 10.6. The molecule has 2 rings (SSSR count). The van der Waals surface area contributed by atoms with Gasteiger partial charge in [0.15, 0.2) is 0 Å². The van der Waals surface area contributed by atoms with E-state index in [1.54, 1.807) is 4.90 Å². The predicted molar refractivity (Wildman–Crippen MR) is 86.1 cm³/mol. The highest BCUT2D eigenvalue weighted by atomic mass is 32.2. The summed E-state index contributed by atoms with van der Waals surface area (Å²) in [7, 11) is 0. The van der Waals surface area contributed by atoms with Crippen LogP contribution in [0, 0.1) is 18.3 Å². The van der Waals surface area contributed by atoms with Crippen LogP contribution in [-0.4, -0.2) is 40.8 Å². The SMILES string of the molecule is Cc1ccc(CN2CCC(NC(=O)CSCC#N)C2=O)cc1. The zero-order chi connectivity index (χ0) is 15.9. The summed E-state index contributed by atoms with van der Waals surface area (Å²) in [5.41, 5.74) is 2.28. The van der Waals surface area contributed by atoms with Gasteiger partial charge >= 0.3 is 0 Å². The van der Waals surface area contributed by atoms with Gasteiger partial charge in [-0.2, -0.15) is 5.26 Å². The van der Waals surface area contributed by atoms with Crippen LogP contribution in [0.2, 0.25) is 0 Å². The summed E-state index contributed by atoms with van der Waals surface area (Å²) in [4.78, 5) is 25.8. The molecule has 1 aliphatic rings. The summed E-state index contributed by atoms with van der Waals surface area (Å²) in [6.45, 7) is 3.26.